The molecule has 0 aromatic carbocycles. The molecule has 1 aliphatic rings. The van der Waals surface area contributed by atoms with Crippen LogP contribution in [0.1, 0.15) is 109 Å². The van der Waals surface area contributed by atoms with Gasteiger partial charge in [0.05, 0.1) is 11.7 Å². The standard InChI is InChI=1S/C25H43N5O3/c1-20(2)30-18-22(28-29-30)15-16-24(32)26-17-11-10-14-23(19-31)27-25(33)21-12-8-6-4-3-5-7-9-13-21/h18-21,23H,3-17H2,1-2H3,(H,26,32)(H,27,33)/t23-/m0/s1. The van der Waals surface area contributed by atoms with Crippen molar-refractivity contribution in [1.29, 1.82) is 0 Å². The fourth-order valence-corrected chi connectivity index (χ4v) is 4.27. The average molecular weight is 462 g/mol. The van der Waals surface area contributed by atoms with Crippen molar-refractivity contribution in [2.45, 2.75) is 116 Å². The Bertz CT molecular complexity index is 709. The lowest BCUT2D eigenvalue weighted by Crippen LogP contribution is -2.40. The zero-order valence-corrected chi connectivity index (χ0v) is 20.6. The van der Waals surface area contributed by atoms with Crippen LogP contribution >= 0.6 is 0 Å². The van der Waals surface area contributed by atoms with E-state index in [0.717, 1.165) is 50.5 Å². The van der Waals surface area contributed by atoms with E-state index < -0.39 is 6.04 Å². The maximum atomic E-state index is 12.7. The molecule has 1 fully saturated rings. The first-order chi connectivity index (χ1) is 16.0. The summed E-state index contributed by atoms with van der Waals surface area (Å²) in [5.74, 6) is 0.0627. The highest BCUT2D eigenvalue weighted by Crippen LogP contribution is 2.22. The van der Waals surface area contributed by atoms with Gasteiger partial charge in [-0.1, -0.05) is 50.2 Å². The summed E-state index contributed by atoms with van der Waals surface area (Å²) in [5.41, 5.74) is 0.818. The summed E-state index contributed by atoms with van der Waals surface area (Å²) in [6, 6.07) is -0.182. The molecule has 186 valence electrons. The smallest absolute Gasteiger partial charge is 0.223 e. The van der Waals surface area contributed by atoms with Gasteiger partial charge in [-0.2, -0.15) is 0 Å². The zero-order chi connectivity index (χ0) is 23.9. The molecule has 0 unspecified atom stereocenters. The summed E-state index contributed by atoms with van der Waals surface area (Å²) in [7, 11) is 0. The molecule has 1 aromatic heterocycles. The van der Waals surface area contributed by atoms with Crippen molar-refractivity contribution in [3.63, 3.8) is 0 Å². The second kappa shape index (κ2) is 15.6. The molecule has 2 rings (SSSR count). The number of unbranched alkanes of at least 4 members (excludes halogenated alkanes) is 1. The van der Waals surface area contributed by atoms with Gasteiger partial charge in [-0.3, -0.25) is 9.59 Å². The average Bonchev–Trinajstić information content (AvgIpc) is 3.29. The number of carbonyl (C=O) groups excluding carboxylic acids is 3. The van der Waals surface area contributed by atoms with E-state index in [2.05, 4.69) is 20.9 Å². The Morgan fingerprint density at radius 1 is 1.09 bits per heavy atom. The minimum absolute atomic E-state index is 0.00895. The van der Waals surface area contributed by atoms with Gasteiger partial charge in [0.15, 0.2) is 0 Å². The molecular weight excluding hydrogens is 418 g/mol. The summed E-state index contributed by atoms with van der Waals surface area (Å²) >= 11 is 0. The highest BCUT2D eigenvalue weighted by molar-refractivity contribution is 5.81. The molecule has 0 spiro atoms. The van der Waals surface area contributed by atoms with Crippen molar-refractivity contribution in [3.8, 4) is 0 Å². The Morgan fingerprint density at radius 2 is 1.76 bits per heavy atom. The molecular formula is C25H43N5O3. The first kappa shape index (κ1) is 27.0. The van der Waals surface area contributed by atoms with Crippen LogP contribution < -0.4 is 10.6 Å². The fraction of sp³-hybridized carbons (Fsp3) is 0.800. The van der Waals surface area contributed by atoms with Crippen LogP contribution in [0.2, 0.25) is 0 Å². The molecule has 0 saturated heterocycles. The van der Waals surface area contributed by atoms with Gasteiger partial charge in [-0.25, -0.2) is 4.68 Å². The lowest BCUT2D eigenvalue weighted by atomic mass is 9.91. The van der Waals surface area contributed by atoms with Crippen LogP contribution in [0, 0.1) is 5.92 Å². The summed E-state index contributed by atoms with van der Waals surface area (Å²) in [6.07, 6.45) is 16.1. The molecule has 2 N–H and O–H groups in total. The van der Waals surface area contributed by atoms with E-state index in [1.165, 1.54) is 32.1 Å². The van der Waals surface area contributed by atoms with E-state index in [9.17, 15) is 14.4 Å². The monoisotopic (exact) mass is 461 g/mol. The Balaban J connectivity index is 1.59. The molecule has 0 bridgehead atoms. The van der Waals surface area contributed by atoms with Crippen molar-refractivity contribution in [2.75, 3.05) is 6.54 Å². The maximum absolute atomic E-state index is 12.7. The predicted octanol–water partition coefficient (Wildman–Crippen LogP) is 3.90. The van der Waals surface area contributed by atoms with Crippen LogP contribution in [0.4, 0.5) is 0 Å². The van der Waals surface area contributed by atoms with Crippen molar-refractivity contribution in [2.24, 2.45) is 5.92 Å². The number of aromatic nitrogens is 3. The number of rotatable bonds is 12. The van der Waals surface area contributed by atoms with Crippen LogP contribution in [0.5, 0.6) is 0 Å². The lowest BCUT2D eigenvalue weighted by Gasteiger charge is -2.20. The van der Waals surface area contributed by atoms with Crippen LogP contribution in [0.15, 0.2) is 6.20 Å². The Hall–Kier alpha value is -2.25. The van der Waals surface area contributed by atoms with E-state index in [0.29, 0.717) is 25.8 Å². The Kier molecular flexibility index (Phi) is 12.7. The van der Waals surface area contributed by atoms with E-state index in [4.69, 9.17) is 0 Å². The number of hydrogen-bond donors (Lipinski definition) is 2. The molecule has 33 heavy (non-hydrogen) atoms. The molecule has 1 saturated carbocycles. The van der Waals surface area contributed by atoms with Gasteiger partial charge in [-0.05, 0) is 46.0 Å². The Morgan fingerprint density at radius 3 is 2.36 bits per heavy atom. The zero-order valence-electron chi connectivity index (χ0n) is 20.6. The van der Waals surface area contributed by atoms with Crippen LogP contribution in [-0.2, 0) is 20.8 Å². The quantitative estimate of drug-likeness (QED) is 0.363. The molecule has 1 heterocycles. The first-order valence-corrected chi connectivity index (χ1v) is 12.9. The molecule has 0 aliphatic heterocycles. The van der Waals surface area contributed by atoms with Crippen molar-refractivity contribution in [3.05, 3.63) is 11.9 Å². The SMILES string of the molecule is CC(C)n1cc(CCC(=O)NCCCC[C@@H](C=O)NC(=O)C2CCCCCCCCC2)nn1. The Labute approximate surface area is 198 Å². The number of aryl methyl sites for hydroxylation is 1. The second-order valence-electron chi connectivity index (χ2n) is 9.63. The van der Waals surface area contributed by atoms with Crippen LogP contribution in [-0.4, -0.2) is 45.7 Å². The normalized spacial score (nSPS) is 16.8. The lowest BCUT2D eigenvalue weighted by molar-refractivity contribution is -0.128. The van der Waals surface area contributed by atoms with E-state index in [1.807, 2.05) is 20.0 Å². The number of nitrogens with one attached hydrogen (secondary N) is 2. The van der Waals surface area contributed by atoms with Gasteiger partial charge in [0.25, 0.3) is 0 Å². The number of nitrogens with zero attached hydrogens (tertiary/aromatic N) is 3. The van der Waals surface area contributed by atoms with E-state index in [1.54, 1.807) is 4.68 Å². The minimum Gasteiger partial charge on any atom is -0.356 e. The van der Waals surface area contributed by atoms with Gasteiger partial charge in [0.1, 0.15) is 6.29 Å². The largest absolute Gasteiger partial charge is 0.356 e. The predicted molar refractivity (Wildman–Crippen MR) is 129 cm³/mol. The summed E-state index contributed by atoms with van der Waals surface area (Å²) in [5, 5.41) is 14.0. The number of aldehydes is 1. The third-order valence-corrected chi connectivity index (χ3v) is 6.43. The molecule has 8 nitrogen and oxygen atoms in total. The first-order valence-electron chi connectivity index (χ1n) is 12.9. The van der Waals surface area contributed by atoms with Gasteiger partial charge in [0.2, 0.25) is 11.8 Å². The second-order valence-corrected chi connectivity index (χ2v) is 9.63. The molecule has 1 aliphatic carbocycles. The third kappa shape index (κ3) is 10.9. The fourth-order valence-electron chi connectivity index (χ4n) is 4.27. The van der Waals surface area contributed by atoms with Crippen molar-refractivity contribution in [1.82, 2.24) is 25.6 Å². The molecule has 1 aromatic rings. The van der Waals surface area contributed by atoms with Gasteiger partial charge in [0, 0.05) is 37.5 Å². The third-order valence-electron chi connectivity index (χ3n) is 6.43. The minimum atomic E-state index is -0.438. The van der Waals surface area contributed by atoms with E-state index >= 15 is 0 Å². The number of amides is 2. The number of hydrogen-bond acceptors (Lipinski definition) is 5. The molecule has 2 amide bonds. The van der Waals surface area contributed by atoms with Gasteiger partial charge >= 0.3 is 0 Å². The molecule has 8 heteroatoms. The van der Waals surface area contributed by atoms with Crippen LogP contribution in [0.3, 0.4) is 0 Å². The van der Waals surface area contributed by atoms with E-state index in [-0.39, 0.29) is 23.8 Å². The van der Waals surface area contributed by atoms with Gasteiger partial charge in [-0.15, -0.1) is 5.10 Å². The van der Waals surface area contributed by atoms with Gasteiger partial charge < -0.3 is 15.4 Å². The topological polar surface area (TPSA) is 106 Å². The van der Waals surface area contributed by atoms with Crippen molar-refractivity contribution >= 4 is 18.1 Å². The molecule has 1 atom stereocenters. The van der Waals surface area contributed by atoms with Crippen LogP contribution in [0.25, 0.3) is 0 Å². The summed E-state index contributed by atoms with van der Waals surface area (Å²) in [4.78, 5) is 36.2. The summed E-state index contributed by atoms with van der Waals surface area (Å²) in [6.45, 7) is 4.64. The highest BCUT2D eigenvalue weighted by atomic mass is 16.2. The summed E-state index contributed by atoms with van der Waals surface area (Å²) < 4.78 is 1.79. The number of carbonyl (C=O) groups is 3. The van der Waals surface area contributed by atoms with Crippen molar-refractivity contribution < 1.29 is 14.4 Å². The highest BCUT2D eigenvalue weighted by Gasteiger charge is 2.21. The maximum Gasteiger partial charge on any atom is 0.223 e. The molecule has 0 radical (unpaired) electrons.